The number of likely N-dealkylation sites (tertiary alicyclic amines) is 1. The van der Waals surface area contributed by atoms with Gasteiger partial charge in [-0.25, -0.2) is 12.8 Å². The molecule has 11 nitrogen and oxygen atoms in total. The minimum atomic E-state index is -3.72. The van der Waals surface area contributed by atoms with Crippen LogP contribution in [0.25, 0.3) is 22.4 Å². The molecule has 0 radical (unpaired) electrons. The first kappa shape index (κ1) is 28.0. The summed E-state index contributed by atoms with van der Waals surface area (Å²) in [6.45, 7) is 1.94. The van der Waals surface area contributed by atoms with Crippen molar-refractivity contribution in [1.82, 2.24) is 15.2 Å². The van der Waals surface area contributed by atoms with Crippen LogP contribution in [-0.4, -0.2) is 61.4 Å². The first-order valence-corrected chi connectivity index (χ1v) is 14.2. The van der Waals surface area contributed by atoms with Crippen LogP contribution in [0.15, 0.2) is 34.7 Å². The van der Waals surface area contributed by atoms with Crippen molar-refractivity contribution < 1.29 is 31.6 Å². The highest BCUT2D eigenvalue weighted by atomic mass is 32.2. The number of amides is 3. The van der Waals surface area contributed by atoms with E-state index in [0.29, 0.717) is 42.3 Å². The maximum Gasteiger partial charge on any atom is 0.255 e. The second-order valence-corrected chi connectivity index (χ2v) is 11.3. The van der Waals surface area contributed by atoms with Gasteiger partial charge in [-0.3, -0.25) is 19.1 Å². The summed E-state index contributed by atoms with van der Waals surface area (Å²) in [6.07, 6.45) is 1.91. The Morgan fingerprint density at radius 2 is 1.95 bits per heavy atom. The fourth-order valence-corrected chi connectivity index (χ4v) is 5.27. The quantitative estimate of drug-likeness (QED) is 0.343. The van der Waals surface area contributed by atoms with Gasteiger partial charge in [0.2, 0.25) is 27.6 Å². The minimum absolute atomic E-state index is 0.0166. The zero-order valence-corrected chi connectivity index (χ0v) is 22.4. The summed E-state index contributed by atoms with van der Waals surface area (Å²) < 4.78 is 46.7. The van der Waals surface area contributed by atoms with E-state index in [1.165, 1.54) is 43.1 Å². The summed E-state index contributed by atoms with van der Waals surface area (Å²) in [5, 5.41) is 2.90. The third kappa shape index (κ3) is 6.03. The average Bonchev–Trinajstić information content (AvgIpc) is 3.54. The van der Waals surface area contributed by atoms with E-state index in [2.05, 4.69) is 15.0 Å². The number of primary amides is 1. The number of pyridine rings is 1. The van der Waals surface area contributed by atoms with Crippen LogP contribution in [0.1, 0.15) is 48.5 Å². The van der Waals surface area contributed by atoms with Gasteiger partial charge in [0.15, 0.2) is 0 Å². The molecule has 0 bridgehead atoms. The number of sulfonamides is 1. The number of carbonyl (C=O) groups is 3. The maximum atomic E-state index is 13.5. The molecule has 3 heterocycles. The number of nitrogens with two attached hydrogens (primary N) is 1. The first-order chi connectivity index (χ1) is 18.5. The molecule has 1 aromatic carbocycles. The van der Waals surface area contributed by atoms with Crippen molar-refractivity contribution in [3.63, 3.8) is 0 Å². The Hall–Kier alpha value is -4.00. The predicted molar refractivity (Wildman–Crippen MR) is 143 cm³/mol. The molecule has 2 aromatic heterocycles. The van der Waals surface area contributed by atoms with Gasteiger partial charge >= 0.3 is 0 Å². The molecule has 3 amide bonds. The Morgan fingerprint density at radius 1 is 1.23 bits per heavy atom. The number of halogens is 1. The molecular weight excluding hydrogens is 529 g/mol. The molecule has 13 heteroatoms. The van der Waals surface area contributed by atoms with Crippen LogP contribution < -0.4 is 15.8 Å². The van der Waals surface area contributed by atoms with Crippen LogP contribution in [-0.2, 0) is 26.0 Å². The molecular formula is C26H30FN5O6S. The highest BCUT2D eigenvalue weighted by Crippen LogP contribution is 2.35. The van der Waals surface area contributed by atoms with E-state index in [4.69, 9.17) is 10.2 Å². The lowest BCUT2D eigenvalue weighted by Crippen LogP contribution is -2.43. The molecule has 1 saturated heterocycles. The number of hydrogen-bond acceptors (Lipinski definition) is 7. The zero-order chi connectivity index (χ0) is 28.3. The molecule has 4 N–H and O–H groups in total. The lowest BCUT2D eigenvalue weighted by Gasteiger charge is -2.22. The molecule has 1 aliphatic heterocycles. The third-order valence-electron chi connectivity index (χ3n) is 6.69. The van der Waals surface area contributed by atoms with Crippen molar-refractivity contribution >= 4 is 44.7 Å². The standard InChI is InChI=1S/C26H30FN5O6S/c1-3-39(36,37)31-24-16(6-4-8-20(33)32-13-5-7-19(32)23(28)34)14-18-21(25(35)29-2)22(38-26(18)30-24)15-9-11-17(27)12-10-15/h9-12,14,19H,3-8,13H2,1-2H3,(H2,28,34)(H,29,35)(H,30,31)/t19-/m0/s1. The van der Waals surface area contributed by atoms with Crippen molar-refractivity contribution in [3.8, 4) is 11.3 Å². The van der Waals surface area contributed by atoms with Gasteiger partial charge in [0, 0.05) is 25.6 Å². The Morgan fingerprint density at radius 3 is 2.59 bits per heavy atom. The van der Waals surface area contributed by atoms with Crippen molar-refractivity contribution in [2.45, 2.75) is 45.1 Å². The van der Waals surface area contributed by atoms with Gasteiger partial charge in [0.25, 0.3) is 5.91 Å². The second-order valence-electron chi connectivity index (χ2n) is 9.25. The number of anilines is 1. The number of aromatic nitrogens is 1. The third-order valence-corrected chi connectivity index (χ3v) is 7.96. The Kier molecular flexibility index (Phi) is 8.19. The van der Waals surface area contributed by atoms with Crippen molar-refractivity contribution in [3.05, 3.63) is 47.3 Å². The highest BCUT2D eigenvalue weighted by Gasteiger charge is 2.32. The number of benzene rings is 1. The van der Waals surface area contributed by atoms with Gasteiger partial charge in [-0.05, 0) is 68.5 Å². The van der Waals surface area contributed by atoms with Crippen LogP contribution in [0, 0.1) is 5.82 Å². The van der Waals surface area contributed by atoms with Crippen LogP contribution in [0.2, 0.25) is 0 Å². The number of rotatable bonds is 10. The van der Waals surface area contributed by atoms with Crippen molar-refractivity contribution in [2.24, 2.45) is 5.73 Å². The number of nitrogens with one attached hydrogen (secondary N) is 2. The van der Waals surface area contributed by atoms with Crippen LogP contribution in [0.5, 0.6) is 0 Å². The van der Waals surface area contributed by atoms with Crippen LogP contribution in [0.4, 0.5) is 10.2 Å². The molecule has 0 saturated carbocycles. The molecule has 3 aromatic rings. The van der Waals surface area contributed by atoms with E-state index in [-0.39, 0.29) is 47.4 Å². The number of aryl methyl sites for hydroxylation is 1. The number of hydrogen-bond donors (Lipinski definition) is 3. The van der Waals surface area contributed by atoms with E-state index in [9.17, 15) is 27.2 Å². The fourth-order valence-electron chi connectivity index (χ4n) is 4.65. The van der Waals surface area contributed by atoms with Gasteiger partial charge in [-0.15, -0.1) is 0 Å². The summed E-state index contributed by atoms with van der Waals surface area (Å²) >= 11 is 0. The molecule has 4 rings (SSSR count). The Bertz CT molecular complexity index is 1520. The van der Waals surface area contributed by atoms with Gasteiger partial charge in [-0.1, -0.05) is 0 Å². The number of fused-ring (bicyclic) bond motifs is 1. The summed E-state index contributed by atoms with van der Waals surface area (Å²) in [7, 11) is -2.26. The largest absolute Gasteiger partial charge is 0.437 e. The van der Waals surface area contributed by atoms with Crippen molar-refractivity contribution in [1.29, 1.82) is 0 Å². The van der Waals surface area contributed by atoms with Gasteiger partial charge in [0.1, 0.15) is 23.4 Å². The fraction of sp³-hybridized carbons (Fsp3) is 0.385. The number of furan rings is 1. The Labute approximate surface area is 225 Å². The van der Waals surface area contributed by atoms with Crippen LogP contribution >= 0.6 is 0 Å². The lowest BCUT2D eigenvalue weighted by atomic mass is 10.0. The van der Waals surface area contributed by atoms with Crippen molar-refractivity contribution in [2.75, 3.05) is 24.1 Å². The average molecular weight is 560 g/mol. The molecule has 39 heavy (non-hydrogen) atoms. The Balaban J connectivity index is 1.71. The SMILES string of the molecule is CCS(=O)(=O)Nc1nc2oc(-c3ccc(F)cc3)c(C(=O)NC)c2cc1CCCC(=O)N1CCC[C@H]1C(N)=O. The summed E-state index contributed by atoms with van der Waals surface area (Å²) in [4.78, 5) is 43.2. The lowest BCUT2D eigenvalue weighted by molar-refractivity contribution is -0.137. The molecule has 1 fully saturated rings. The number of carbonyl (C=O) groups excluding carboxylic acids is 3. The maximum absolute atomic E-state index is 13.5. The summed E-state index contributed by atoms with van der Waals surface area (Å²) in [5.41, 5.74) is 6.50. The molecule has 1 atom stereocenters. The predicted octanol–water partition coefficient (Wildman–Crippen LogP) is 2.55. The normalized spacial score (nSPS) is 15.5. The summed E-state index contributed by atoms with van der Waals surface area (Å²) in [6, 6.07) is 6.39. The first-order valence-electron chi connectivity index (χ1n) is 12.6. The zero-order valence-electron chi connectivity index (χ0n) is 21.6. The van der Waals surface area contributed by atoms with E-state index < -0.39 is 33.7 Å². The van der Waals surface area contributed by atoms with E-state index in [1.807, 2.05) is 0 Å². The van der Waals surface area contributed by atoms with Gasteiger partial charge in [0.05, 0.1) is 16.7 Å². The highest BCUT2D eigenvalue weighted by molar-refractivity contribution is 7.92. The molecule has 1 aliphatic rings. The van der Waals surface area contributed by atoms with E-state index >= 15 is 0 Å². The van der Waals surface area contributed by atoms with Gasteiger partial charge < -0.3 is 20.4 Å². The topological polar surface area (TPSA) is 165 Å². The monoisotopic (exact) mass is 559 g/mol. The van der Waals surface area contributed by atoms with E-state index in [1.54, 1.807) is 6.07 Å². The van der Waals surface area contributed by atoms with Gasteiger partial charge in [-0.2, -0.15) is 4.98 Å². The number of nitrogens with zero attached hydrogens (tertiary/aromatic N) is 2. The second kappa shape index (κ2) is 11.4. The molecule has 208 valence electrons. The van der Waals surface area contributed by atoms with Crippen LogP contribution in [0.3, 0.4) is 0 Å². The molecule has 0 spiro atoms. The minimum Gasteiger partial charge on any atom is -0.437 e. The smallest absolute Gasteiger partial charge is 0.255 e. The molecule has 0 aliphatic carbocycles. The summed E-state index contributed by atoms with van der Waals surface area (Å²) in [5.74, 6) is -1.70. The van der Waals surface area contributed by atoms with E-state index in [0.717, 1.165) is 0 Å². The molecule has 0 unspecified atom stereocenters.